The molecule has 4 aromatic carbocycles. The highest BCUT2D eigenvalue weighted by atomic mass is 19.1. The molecule has 0 aliphatic carbocycles. The number of para-hydroxylation sites is 3. The van der Waals surface area contributed by atoms with E-state index in [2.05, 4.69) is 10.6 Å². The maximum atomic E-state index is 14.2. The minimum Gasteiger partial charge on any atom is -0.493 e. The summed E-state index contributed by atoms with van der Waals surface area (Å²) in [5.74, 6) is 1.54. The number of fused-ring (bicyclic) bond motifs is 1. The third-order valence-corrected chi connectivity index (χ3v) is 6.08. The van der Waals surface area contributed by atoms with Gasteiger partial charge in [0.05, 0.1) is 29.8 Å². The number of imidazole rings is 1. The van der Waals surface area contributed by atoms with E-state index in [1.165, 1.54) is 6.07 Å². The summed E-state index contributed by atoms with van der Waals surface area (Å²) in [5, 5.41) is 9.11. The molecule has 0 unspecified atom stereocenters. The van der Waals surface area contributed by atoms with Crippen LogP contribution in [-0.2, 0) is 13.2 Å². The van der Waals surface area contributed by atoms with Crippen LogP contribution >= 0.6 is 0 Å². The summed E-state index contributed by atoms with van der Waals surface area (Å²) < 4.78 is 27.9. The molecule has 1 heterocycles. The number of nitrogens with zero attached hydrogens (tertiary/aromatic N) is 3. The van der Waals surface area contributed by atoms with Crippen molar-refractivity contribution in [1.29, 1.82) is 5.26 Å². The Morgan fingerprint density at radius 3 is 2.49 bits per heavy atom. The van der Waals surface area contributed by atoms with Crippen molar-refractivity contribution in [3.05, 3.63) is 125 Å². The Morgan fingerprint density at radius 1 is 0.919 bits per heavy atom. The molecule has 0 saturated carbocycles. The molecular formula is C31H24FN3O2. The zero-order valence-electron chi connectivity index (χ0n) is 20.3. The minimum absolute atomic E-state index is 0.0745. The second kappa shape index (κ2) is 10.8. The SMILES string of the molecule is COc1cccc(C=Cc2nc3ccccc3n2Cc2ccc(C#N)cc2)c1OCc1ccccc1F. The Hall–Kier alpha value is -4.89. The predicted octanol–water partition coefficient (Wildman–Crippen LogP) is 6.85. The van der Waals surface area contributed by atoms with Crippen molar-refractivity contribution in [3.63, 3.8) is 0 Å². The third-order valence-electron chi connectivity index (χ3n) is 6.08. The number of hydrogen-bond donors (Lipinski definition) is 0. The summed E-state index contributed by atoms with van der Waals surface area (Å²) in [7, 11) is 1.58. The molecule has 0 bridgehead atoms. The average molecular weight is 490 g/mol. The molecular weight excluding hydrogens is 465 g/mol. The number of nitriles is 1. The summed E-state index contributed by atoms with van der Waals surface area (Å²) in [6.07, 6.45) is 3.87. The first-order chi connectivity index (χ1) is 18.2. The van der Waals surface area contributed by atoms with Crippen molar-refractivity contribution >= 4 is 23.2 Å². The number of hydrogen-bond acceptors (Lipinski definition) is 4. The summed E-state index contributed by atoms with van der Waals surface area (Å²) in [6, 6.07) is 29.9. The lowest BCUT2D eigenvalue weighted by atomic mass is 10.1. The molecule has 0 fully saturated rings. The van der Waals surface area contributed by atoms with Gasteiger partial charge in [0, 0.05) is 17.7 Å². The van der Waals surface area contributed by atoms with Crippen LogP contribution in [0.25, 0.3) is 23.2 Å². The first-order valence-corrected chi connectivity index (χ1v) is 11.8. The van der Waals surface area contributed by atoms with Gasteiger partial charge in [-0.3, -0.25) is 0 Å². The average Bonchev–Trinajstić information content (AvgIpc) is 3.29. The lowest BCUT2D eigenvalue weighted by Gasteiger charge is -2.14. The summed E-state index contributed by atoms with van der Waals surface area (Å²) in [6.45, 7) is 0.672. The molecule has 5 aromatic rings. The fourth-order valence-corrected chi connectivity index (χ4v) is 4.16. The Labute approximate surface area is 214 Å². The summed E-state index contributed by atoms with van der Waals surface area (Å²) in [4.78, 5) is 4.84. The van der Waals surface area contributed by atoms with E-state index in [1.807, 2.05) is 78.9 Å². The van der Waals surface area contributed by atoms with Crippen LogP contribution in [0.4, 0.5) is 4.39 Å². The highest BCUT2D eigenvalue weighted by molar-refractivity contribution is 5.81. The molecule has 0 aliphatic rings. The van der Waals surface area contributed by atoms with Crippen molar-refractivity contribution in [2.45, 2.75) is 13.2 Å². The molecule has 0 atom stereocenters. The molecule has 0 N–H and O–H groups in total. The van der Waals surface area contributed by atoms with Gasteiger partial charge in [-0.2, -0.15) is 5.26 Å². The second-order valence-electron chi connectivity index (χ2n) is 8.45. The van der Waals surface area contributed by atoms with Gasteiger partial charge in [-0.25, -0.2) is 9.37 Å². The molecule has 6 heteroatoms. The van der Waals surface area contributed by atoms with Crippen LogP contribution in [0.1, 0.15) is 28.1 Å². The van der Waals surface area contributed by atoms with Crippen LogP contribution in [0.5, 0.6) is 11.5 Å². The van der Waals surface area contributed by atoms with E-state index in [4.69, 9.17) is 19.7 Å². The molecule has 1 aromatic heterocycles. The fourth-order valence-electron chi connectivity index (χ4n) is 4.16. The van der Waals surface area contributed by atoms with Gasteiger partial charge >= 0.3 is 0 Å². The maximum absolute atomic E-state index is 14.2. The lowest BCUT2D eigenvalue weighted by Crippen LogP contribution is -2.03. The van der Waals surface area contributed by atoms with Gasteiger partial charge in [0.15, 0.2) is 11.5 Å². The van der Waals surface area contributed by atoms with E-state index in [0.717, 1.165) is 28.0 Å². The minimum atomic E-state index is -0.314. The van der Waals surface area contributed by atoms with Crippen molar-refractivity contribution in [2.24, 2.45) is 0 Å². The zero-order valence-corrected chi connectivity index (χ0v) is 20.3. The number of ether oxygens (including phenoxy) is 2. The monoisotopic (exact) mass is 489 g/mol. The van der Waals surface area contributed by atoms with E-state index in [9.17, 15) is 4.39 Å². The van der Waals surface area contributed by atoms with E-state index in [-0.39, 0.29) is 12.4 Å². The molecule has 0 spiro atoms. The highest BCUT2D eigenvalue weighted by Crippen LogP contribution is 2.33. The Balaban J connectivity index is 1.49. The number of aromatic nitrogens is 2. The van der Waals surface area contributed by atoms with Gasteiger partial charge in [0.2, 0.25) is 0 Å². The Morgan fingerprint density at radius 2 is 1.70 bits per heavy atom. The fraction of sp³-hybridized carbons (Fsp3) is 0.0968. The number of benzene rings is 4. The van der Waals surface area contributed by atoms with Gasteiger partial charge in [0.1, 0.15) is 18.2 Å². The lowest BCUT2D eigenvalue weighted by molar-refractivity contribution is 0.279. The topological polar surface area (TPSA) is 60.1 Å². The molecule has 0 radical (unpaired) electrons. The highest BCUT2D eigenvalue weighted by Gasteiger charge is 2.13. The smallest absolute Gasteiger partial charge is 0.168 e. The normalized spacial score (nSPS) is 11.1. The third kappa shape index (κ3) is 5.21. The summed E-state index contributed by atoms with van der Waals surface area (Å²) >= 11 is 0. The number of methoxy groups -OCH3 is 1. The molecule has 5 nitrogen and oxygen atoms in total. The predicted molar refractivity (Wildman–Crippen MR) is 143 cm³/mol. The number of halogens is 1. The summed E-state index contributed by atoms with van der Waals surface area (Å²) in [5.41, 5.74) is 4.83. The van der Waals surface area contributed by atoms with Gasteiger partial charge in [-0.15, -0.1) is 0 Å². The molecule has 0 amide bonds. The van der Waals surface area contributed by atoms with Gasteiger partial charge in [-0.1, -0.05) is 54.6 Å². The molecule has 182 valence electrons. The molecule has 0 saturated heterocycles. The second-order valence-corrected chi connectivity index (χ2v) is 8.45. The Kier molecular flexibility index (Phi) is 6.95. The van der Waals surface area contributed by atoms with Crippen LogP contribution in [0, 0.1) is 17.1 Å². The zero-order chi connectivity index (χ0) is 25.6. The van der Waals surface area contributed by atoms with Crippen LogP contribution in [0.15, 0.2) is 91.0 Å². The van der Waals surface area contributed by atoms with E-state index >= 15 is 0 Å². The van der Waals surface area contributed by atoms with Crippen molar-refractivity contribution in [3.8, 4) is 17.6 Å². The van der Waals surface area contributed by atoms with Gasteiger partial charge < -0.3 is 14.0 Å². The quantitative estimate of drug-likeness (QED) is 0.239. The van der Waals surface area contributed by atoms with Crippen LogP contribution in [-0.4, -0.2) is 16.7 Å². The molecule has 0 aliphatic heterocycles. The van der Waals surface area contributed by atoms with Crippen molar-refractivity contribution in [1.82, 2.24) is 9.55 Å². The van der Waals surface area contributed by atoms with Gasteiger partial charge in [0.25, 0.3) is 0 Å². The maximum Gasteiger partial charge on any atom is 0.168 e. The first-order valence-electron chi connectivity index (χ1n) is 11.8. The number of rotatable bonds is 8. The van der Waals surface area contributed by atoms with E-state index in [1.54, 1.807) is 25.3 Å². The van der Waals surface area contributed by atoms with E-state index in [0.29, 0.717) is 29.2 Å². The van der Waals surface area contributed by atoms with Crippen LogP contribution in [0.2, 0.25) is 0 Å². The first kappa shape index (κ1) is 23.8. The van der Waals surface area contributed by atoms with Crippen molar-refractivity contribution < 1.29 is 13.9 Å². The largest absolute Gasteiger partial charge is 0.493 e. The van der Waals surface area contributed by atoms with Crippen LogP contribution < -0.4 is 9.47 Å². The van der Waals surface area contributed by atoms with Crippen molar-refractivity contribution in [2.75, 3.05) is 7.11 Å². The molecule has 37 heavy (non-hydrogen) atoms. The van der Waals surface area contributed by atoms with Gasteiger partial charge in [-0.05, 0) is 54.1 Å². The van der Waals surface area contributed by atoms with E-state index < -0.39 is 0 Å². The van der Waals surface area contributed by atoms with Crippen LogP contribution in [0.3, 0.4) is 0 Å². The Bertz CT molecular complexity index is 1610. The standard InChI is InChI=1S/C31H24FN3O2/c1-36-29-12-6-8-24(31(29)37-21-25-7-2-3-9-26(25)32)17-18-30-34-27-10-4-5-11-28(27)35(30)20-23-15-13-22(19-33)14-16-23/h2-18H,20-21H2,1H3. The molecule has 5 rings (SSSR count).